The Kier molecular flexibility index (Phi) is 3.74. The molecule has 1 N–H and O–H groups in total. The topological polar surface area (TPSA) is 26.2 Å². The quantitative estimate of drug-likeness (QED) is 0.773. The number of hydrogen-bond acceptors (Lipinski definition) is 2. The summed E-state index contributed by atoms with van der Waals surface area (Å²) in [7, 11) is 0. The lowest BCUT2D eigenvalue weighted by molar-refractivity contribution is 0.340. The van der Waals surface area contributed by atoms with Gasteiger partial charge in [-0.15, -0.1) is 0 Å². The van der Waals surface area contributed by atoms with Gasteiger partial charge >= 0.3 is 0 Å². The summed E-state index contributed by atoms with van der Waals surface area (Å²) in [5, 5.41) is 4.79. The number of hydrogen-bond donors (Lipinski definition) is 1. The van der Waals surface area contributed by atoms with E-state index in [-0.39, 0.29) is 0 Å². The summed E-state index contributed by atoms with van der Waals surface area (Å²) in [6.45, 7) is 6.00. The van der Waals surface area contributed by atoms with E-state index >= 15 is 0 Å². The van der Waals surface area contributed by atoms with Crippen molar-refractivity contribution in [3.8, 4) is 5.75 Å². The van der Waals surface area contributed by atoms with Crippen molar-refractivity contribution < 1.29 is 4.74 Å². The molecule has 3 heteroatoms. The van der Waals surface area contributed by atoms with Crippen LogP contribution < -0.4 is 10.1 Å². The highest BCUT2D eigenvalue weighted by Crippen LogP contribution is 2.27. The molecule has 0 amide bonds. The van der Waals surface area contributed by atoms with Crippen molar-refractivity contribution in [2.24, 2.45) is 5.92 Å². The minimum absolute atomic E-state index is 0.720. The van der Waals surface area contributed by atoms with Crippen molar-refractivity contribution in [3.05, 3.63) is 30.5 Å². The summed E-state index contributed by atoms with van der Waals surface area (Å²) < 4.78 is 7.84. The summed E-state index contributed by atoms with van der Waals surface area (Å²) in [5.41, 5.74) is 1.29. The lowest BCUT2D eigenvalue weighted by atomic mass is 10.2. The molecule has 0 saturated heterocycles. The summed E-state index contributed by atoms with van der Waals surface area (Å²) >= 11 is 0. The van der Waals surface area contributed by atoms with Crippen LogP contribution in [0, 0.1) is 5.92 Å². The van der Waals surface area contributed by atoms with Crippen LogP contribution in [0.4, 0.5) is 0 Å². The van der Waals surface area contributed by atoms with Crippen molar-refractivity contribution in [3.63, 3.8) is 0 Å². The van der Waals surface area contributed by atoms with E-state index < -0.39 is 0 Å². The smallest absolute Gasteiger partial charge is 0.120 e. The van der Waals surface area contributed by atoms with Gasteiger partial charge in [-0.2, -0.15) is 0 Å². The molecule has 102 valence electrons. The van der Waals surface area contributed by atoms with Gasteiger partial charge in [-0.1, -0.05) is 0 Å². The predicted octanol–water partition coefficient (Wildman–Crippen LogP) is 3.04. The molecule has 1 aromatic heterocycles. The van der Waals surface area contributed by atoms with Crippen molar-refractivity contribution in [1.82, 2.24) is 9.88 Å². The standard InChI is InChI=1S/C16H22N2O/c1-2-19-15-5-6-16-14(11-15)7-9-18(16)10-8-17-12-13-3-4-13/h5-7,9,11,13,17H,2-4,8,10,12H2,1H3. The Bertz CT molecular complexity index is 543. The maximum absolute atomic E-state index is 5.53. The van der Waals surface area contributed by atoms with Crippen LogP contribution in [-0.4, -0.2) is 24.3 Å². The Balaban J connectivity index is 1.62. The van der Waals surface area contributed by atoms with Crippen LogP contribution in [0.1, 0.15) is 19.8 Å². The predicted molar refractivity (Wildman–Crippen MR) is 78.7 cm³/mol. The molecule has 0 aliphatic heterocycles. The molecule has 1 fully saturated rings. The molecule has 0 radical (unpaired) electrons. The van der Waals surface area contributed by atoms with E-state index in [1.165, 1.54) is 30.3 Å². The second-order valence-electron chi connectivity index (χ2n) is 5.31. The van der Waals surface area contributed by atoms with E-state index in [0.29, 0.717) is 0 Å². The third-order valence-corrected chi connectivity index (χ3v) is 3.71. The third kappa shape index (κ3) is 3.10. The second kappa shape index (κ2) is 5.66. The summed E-state index contributed by atoms with van der Waals surface area (Å²) in [4.78, 5) is 0. The summed E-state index contributed by atoms with van der Waals surface area (Å²) in [6.07, 6.45) is 5.00. The SMILES string of the molecule is CCOc1ccc2c(ccn2CCNCC2CC2)c1. The number of ether oxygens (including phenoxy) is 1. The van der Waals surface area contributed by atoms with E-state index in [1.807, 2.05) is 6.92 Å². The lowest BCUT2D eigenvalue weighted by Gasteiger charge is -2.08. The molecule has 1 aliphatic rings. The number of fused-ring (bicyclic) bond motifs is 1. The fraction of sp³-hybridized carbons (Fsp3) is 0.500. The zero-order valence-corrected chi connectivity index (χ0v) is 11.6. The Morgan fingerprint density at radius 3 is 3.00 bits per heavy atom. The van der Waals surface area contributed by atoms with Crippen molar-refractivity contribution in [1.29, 1.82) is 0 Å². The van der Waals surface area contributed by atoms with Gasteiger partial charge in [-0.25, -0.2) is 0 Å². The number of rotatable bonds is 7. The third-order valence-electron chi connectivity index (χ3n) is 3.71. The number of aromatic nitrogens is 1. The van der Waals surface area contributed by atoms with Gasteiger partial charge in [0.1, 0.15) is 5.75 Å². The van der Waals surface area contributed by atoms with Crippen molar-refractivity contribution in [2.45, 2.75) is 26.3 Å². The molecule has 0 spiro atoms. The molecule has 2 aromatic rings. The monoisotopic (exact) mass is 258 g/mol. The van der Waals surface area contributed by atoms with E-state index in [2.05, 4.69) is 40.3 Å². The van der Waals surface area contributed by atoms with Crippen LogP contribution in [0.15, 0.2) is 30.5 Å². The number of nitrogens with zero attached hydrogens (tertiary/aromatic N) is 1. The first-order valence-electron chi connectivity index (χ1n) is 7.29. The van der Waals surface area contributed by atoms with E-state index in [1.54, 1.807) is 0 Å². The number of nitrogens with one attached hydrogen (secondary N) is 1. The average molecular weight is 258 g/mol. The normalized spacial score (nSPS) is 15.0. The molecular formula is C16H22N2O. The van der Waals surface area contributed by atoms with Gasteiger partial charge in [0.15, 0.2) is 0 Å². The first kappa shape index (κ1) is 12.5. The molecule has 0 unspecified atom stereocenters. The zero-order chi connectivity index (χ0) is 13.1. The Morgan fingerprint density at radius 2 is 2.21 bits per heavy atom. The van der Waals surface area contributed by atoms with Gasteiger partial charge in [0.25, 0.3) is 0 Å². The highest BCUT2D eigenvalue weighted by atomic mass is 16.5. The van der Waals surface area contributed by atoms with Gasteiger partial charge in [0.2, 0.25) is 0 Å². The summed E-state index contributed by atoms with van der Waals surface area (Å²) in [6, 6.07) is 8.49. The van der Waals surface area contributed by atoms with Gasteiger partial charge in [-0.05, 0) is 56.5 Å². The number of benzene rings is 1. The fourth-order valence-electron chi connectivity index (χ4n) is 2.46. The van der Waals surface area contributed by atoms with Gasteiger partial charge in [0, 0.05) is 30.2 Å². The van der Waals surface area contributed by atoms with Crippen LogP contribution in [-0.2, 0) is 6.54 Å². The van der Waals surface area contributed by atoms with Crippen molar-refractivity contribution >= 4 is 10.9 Å². The van der Waals surface area contributed by atoms with Crippen LogP contribution in [0.2, 0.25) is 0 Å². The highest BCUT2D eigenvalue weighted by Gasteiger charge is 2.19. The maximum atomic E-state index is 5.53. The van der Waals surface area contributed by atoms with Gasteiger partial charge in [0.05, 0.1) is 6.61 Å². The zero-order valence-electron chi connectivity index (χ0n) is 11.6. The summed E-state index contributed by atoms with van der Waals surface area (Å²) in [5.74, 6) is 1.91. The molecule has 1 heterocycles. The van der Waals surface area contributed by atoms with Crippen LogP contribution in [0.25, 0.3) is 10.9 Å². The fourth-order valence-corrected chi connectivity index (χ4v) is 2.46. The Labute approximate surface area is 114 Å². The Morgan fingerprint density at radius 1 is 1.32 bits per heavy atom. The minimum atomic E-state index is 0.720. The first-order valence-corrected chi connectivity index (χ1v) is 7.29. The Hall–Kier alpha value is -1.48. The van der Waals surface area contributed by atoms with Crippen LogP contribution >= 0.6 is 0 Å². The molecule has 1 saturated carbocycles. The highest BCUT2D eigenvalue weighted by molar-refractivity contribution is 5.81. The van der Waals surface area contributed by atoms with E-state index in [0.717, 1.165) is 31.4 Å². The molecule has 0 bridgehead atoms. The van der Waals surface area contributed by atoms with Crippen LogP contribution in [0.3, 0.4) is 0 Å². The average Bonchev–Trinajstić information content (AvgIpc) is 3.16. The lowest BCUT2D eigenvalue weighted by Crippen LogP contribution is -2.21. The molecule has 0 atom stereocenters. The molecule has 3 nitrogen and oxygen atoms in total. The molecule has 19 heavy (non-hydrogen) atoms. The molecule has 1 aliphatic carbocycles. The largest absolute Gasteiger partial charge is 0.494 e. The van der Waals surface area contributed by atoms with Gasteiger partial charge in [-0.3, -0.25) is 0 Å². The minimum Gasteiger partial charge on any atom is -0.494 e. The van der Waals surface area contributed by atoms with Crippen molar-refractivity contribution in [2.75, 3.05) is 19.7 Å². The van der Waals surface area contributed by atoms with E-state index in [4.69, 9.17) is 4.74 Å². The van der Waals surface area contributed by atoms with Gasteiger partial charge < -0.3 is 14.6 Å². The first-order chi connectivity index (χ1) is 9.36. The molecule has 3 rings (SSSR count). The second-order valence-corrected chi connectivity index (χ2v) is 5.31. The maximum Gasteiger partial charge on any atom is 0.120 e. The van der Waals surface area contributed by atoms with Crippen LogP contribution in [0.5, 0.6) is 5.75 Å². The van der Waals surface area contributed by atoms with E-state index in [9.17, 15) is 0 Å². The molecular weight excluding hydrogens is 236 g/mol. The molecule has 1 aromatic carbocycles.